The molecule has 0 aliphatic rings. The summed E-state index contributed by atoms with van der Waals surface area (Å²) in [6, 6.07) is 8.16. The molecule has 0 aliphatic heterocycles. The summed E-state index contributed by atoms with van der Waals surface area (Å²) >= 11 is 0. The number of methoxy groups -OCH3 is 1. The molecule has 70 valence electrons. The van der Waals surface area contributed by atoms with Gasteiger partial charge in [-0.3, -0.25) is 4.79 Å². The second-order valence-corrected chi connectivity index (χ2v) is 3.07. The maximum absolute atomic E-state index is 10.8. The highest BCUT2D eigenvalue weighted by atomic mass is 16.5. The van der Waals surface area contributed by atoms with Gasteiger partial charge >= 0.3 is 5.97 Å². The van der Waals surface area contributed by atoms with E-state index < -0.39 is 0 Å². The van der Waals surface area contributed by atoms with Crippen molar-refractivity contribution in [2.45, 2.75) is 19.8 Å². The molecule has 0 aliphatic carbocycles. The zero-order valence-electron chi connectivity index (χ0n) is 8.04. The molecule has 0 amide bonds. The highest BCUT2D eigenvalue weighted by Gasteiger charge is 2.00. The molecular weight excluding hydrogens is 164 g/mol. The maximum Gasteiger partial charge on any atom is 0.305 e. The predicted molar refractivity (Wildman–Crippen MR) is 51.5 cm³/mol. The molecule has 0 spiro atoms. The number of benzene rings is 1. The van der Waals surface area contributed by atoms with Gasteiger partial charge in [0.15, 0.2) is 0 Å². The number of carbonyl (C=O) groups is 1. The molecule has 0 radical (unpaired) electrons. The van der Waals surface area contributed by atoms with Gasteiger partial charge in [0.25, 0.3) is 0 Å². The van der Waals surface area contributed by atoms with E-state index in [9.17, 15) is 4.79 Å². The van der Waals surface area contributed by atoms with Crippen LogP contribution in [-0.4, -0.2) is 13.1 Å². The van der Waals surface area contributed by atoms with Gasteiger partial charge in [0.05, 0.1) is 7.11 Å². The molecule has 0 aromatic heterocycles. The second-order valence-electron chi connectivity index (χ2n) is 3.07. The van der Waals surface area contributed by atoms with Crippen LogP contribution in [0.4, 0.5) is 0 Å². The zero-order chi connectivity index (χ0) is 9.68. The summed E-state index contributed by atoms with van der Waals surface area (Å²) in [6.07, 6.45) is 1.22. The van der Waals surface area contributed by atoms with Crippen molar-refractivity contribution in [1.82, 2.24) is 0 Å². The van der Waals surface area contributed by atoms with Gasteiger partial charge in [-0.2, -0.15) is 0 Å². The van der Waals surface area contributed by atoms with E-state index in [1.165, 1.54) is 18.2 Å². The van der Waals surface area contributed by atoms with Gasteiger partial charge in [0, 0.05) is 6.42 Å². The molecule has 13 heavy (non-hydrogen) atoms. The summed E-state index contributed by atoms with van der Waals surface area (Å²) in [6.45, 7) is 2.04. The first-order chi connectivity index (χ1) is 6.22. The van der Waals surface area contributed by atoms with E-state index in [1.54, 1.807) is 0 Å². The van der Waals surface area contributed by atoms with E-state index in [4.69, 9.17) is 0 Å². The summed E-state index contributed by atoms with van der Waals surface area (Å²) in [4.78, 5) is 10.8. The van der Waals surface area contributed by atoms with E-state index in [1.807, 2.05) is 25.1 Å². The van der Waals surface area contributed by atoms with E-state index in [0.717, 1.165) is 6.42 Å². The smallest absolute Gasteiger partial charge is 0.305 e. The molecule has 0 heterocycles. The highest BCUT2D eigenvalue weighted by Crippen LogP contribution is 2.06. The van der Waals surface area contributed by atoms with Gasteiger partial charge in [-0.05, 0) is 18.9 Å². The van der Waals surface area contributed by atoms with E-state index in [2.05, 4.69) is 10.8 Å². The van der Waals surface area contributed by atoms with Crippen LogP contribution in [0.3, 0.4) is 0 Å². The van der Waals surface area contributed by atoms with Crippen LogP contribution < -0.4 is 0 Å². The number of hydrogen-bond donors (Lipinski definition) is 0. The zero-order valence-corrected chi connectivity index (χ0v) is 8.04. The van der Waals surface area contributed by atoms with Crippen molar-refractivity contribution in [2.75, 3.05) is 7.11 Å². The van der Waals surface area contributed by atoms with E-state index in [0.29, 0.717) is 6.42 Å². The molecule has 2 heteroatoms. The molecule has 0 atom stereocenters. The lowest BCUT2D eigenvalue weighted by Crippen LogP contribution is -2.01. The van der Waals surface area contributed by atoms with Crippen molar-refractivity contribution in [3.8, 4) is 0 Å². The van der Waals surface area contributed by atoms with Crippen LogP contribution in [0.1, 0.15) is 17.5 Å². The standard InChI is InChI=1S/C11H14O2/c1-9-4-3-5-10(8-9)6-7-11(12)13-2/h3-5,8H,6-7H2,1-2H3. The number of carbonyl (C=O) groups excluding carboxylic acids is 1. The third-order valence-corrected chi connectivity index (χ3v) is 1.93. The van der Waals surface area contributed by atoms with E-state index >= 15 is 0 Å². The van der Waals surface area contributed by atoms with Gasteiger partial charge in [-0.25, -0.2) is 0 Å². The molecule has 0 saturated carbocycles. The minimum Gasteiger partial charge on any atom is -0.469 e. The average Bonchev–Trinajstić information content (AvgIpc) is 2.14. The Morgan fingerprint density at radius 3 is 2.85 bits per heavy atom. The summed E-state index contributed by atoms with van der Waals surface area (Å²) in [5.74, 6) is -0.151. The fraction of sp³-hybridized carbons (Fsp3) is 0.364. The molecule has 1 aromatic carbocycles. The predicted octanol–water partition coefficient (Wildman–Crippen LogP) is 2.10. The normalized spacial score (nSPS) is 9.69. The quantitative estimate of drug-likeness (QED) is 0.662. The molecular formula is C11H14O2. The SMILES string of the molecule is COC(=O)CCc1cccc(C)c1. The minimum absolute atomic E-state index is 0.151. The Morgan fingerprint density at radius 2 is 2.23 bits per heavy atom. The van der Waals surface area contributed by atoms with Crippen molar-refractivity contribution in [2.24, 2.45) is 0 Å². The van der Waals surface area contributed by atoms with Crippen molar-refractivity contribution in [3.63, 3.8) is 0 Å². The highest BCUT2D eigenvalue weighted by molar-refractivity contribution is 5.69. The topological polar surface area (TPSA) is 26.3 Å². The Balaban J connectivity index is 2.50. The van der Waals surface area contributed by atoms with Crippen molar-refractivity contribution >= 4 is 5.97 Å². The average molecular weight is 178 g/mol. The summed E-state index contributed by atoms with van der Waals surface area (Å²) < 4.78 is 4.56. The summed E-state index contributed by atoms with van der Waals surface area (Å²) in [5, 5.41) is 0. The van der Waals surface area contributed by atoms with Crippen LogP contribution in [0.5, 0.6) is 0 Å². The van der Waals surface area contributed by atoms with Crippen molar-refractivity contribution in [3.05, 3.63) is 35.4 Å². The lowest BCUT2D eigenvalue weighted by molar-refractivity contribution is -0.140. The fourth-order valence-electron chi connectivity index (χ4n) is 1.22. The molecule has 0 bridgehead atoms. The first-order valence-electron chi connectivity index (χ1n) is 4.34. The van der Waals surface area contributed by atoms with Crippen LogP contribution in [0.2, 0.25) is 0 Å². The van der Waals surface area contributed by atoms with E-state index in [-0.39, 0.29) is 5.97 Å². The minimum atomic E-state index is -0.151. The molecule has 1 rings (SSSR count). The number of rotatable bonds is 3. The third kappa shape index (κ3) is 3.28. The van der Waals surface area contributed by atoms with Crippen LogP contribution in [0, 0.1) is 6.92 Å². The number of esters is 1. The number of hydrogen-bond acceptors (Lipinski definition) is 2. The molecule has 0 N–H and O–H groups in total. The number of aryl methyl sites for hydroxylation is 2. The Hall–Kier alpha value is -1.31. The molecule has 0 fully saturated rings. The molecule has 1 aromatic rings. The van der Waals surface area contributed by atoms with Crippen LogP contribution >= 0.6 is 0 Å². The van der Waals surface area contributed by atoms with Crippen LogP contribution in [-0.2, 0) is 16.0 Å². The first-order valence-corrected chi connectivity index (χ1v) is 4.34. The van der Waals surface area contributed by atoms with Gasteiger partial charge in [0.1, 0.15) is 0 Å². The lowest BCUT2D eigenvalue weighted by Gasteiger charge is -2.01. The Labute approximate surface area is 78.5 Å². The summed E-state index contributed by atoms with van der Waals surface area (Å²) in [5.41, 5.74) is 2.41. The maximum atomic E-state index is 10.8. The number of ether oxygens (including phenoxy) is 1. The Morgan fingerprint density at radius 1 is 1.46 bits per heavy atom. The first kappa shape index (κ1) is 9.78. The monoisotopic (exact) mass is 178 g/mol. The van der Waals surface area contributed by atoms with Crippen LogP contribution in [0.25, 0.3) is 0 Å². The van der Waals surface area contributed by atoms with Gasteiger partial charge in [0.2, 0.25) is 0 Å². The van der Waals surface area contributed by atoms with Gasteiger partial charge in [-0.15, -0.1) is 0 Å². The molecule has 0 unspecified atom stereocenters. The summed E-state index contributed by atoms with van der Waals surface area (Å²) in [7, 11) is 1.42. The fourth-order valence-corrected chi connectivity index (χ4v) is 1.22. The largest absolute Gasteiger partial charge is 0.469 e. The molecule has 0 saturated heterocycles. The Kier molecular flexibility index (Phi) is 3.50. The second kappa shape index (κ2) is 4.65. The third-order valence-electron chi connectivity index (χ3n) is 1.93. The van der Waals surface area contributed by atoms with Crippen molar-refractivity contribution in [1.29, 1.82) is 0 Å². The van der Waals surface area contributed by atoms with Crippen molar-refractivity contribution < 1.29 is 9.53 Å². The van der Waals surface area contributed by atoms with Gasteiger partial charge in [-0.1, -0.05) is 29.8 Å². The van der Waals surface area contributed by atoms with Crippen LogP contribution in [0.15, 0.2) is 24.3 Å². The Bertz CT molecular complexity index is 292. The lowest BCUT2D eigenvalue weighted by atomic mass is 10.1. The molecule has 2 nitrogen and oxygen atoms in total. The van der Waals surface area contributed by atoms with Gasteiger partial charge < -0.3 is 4.74 Å².